The van der Waals surface area contributed by atoms with Crippen molar-refractivity contribution >= 4 is 5.91 Å². The number of aliphatic hydroxyl groups excluding tert-OH is 1. The summed E-state index contributed by atoms with van der Waals surface area (Å²) in [5.41, 5.74) is -0.0996. The van der Waals surface area contributed by atoms with Crippen molar-refractivity contribution < 1.29 is 9.90 Å². The summed E-state index contributed by atoms with van der Waals surface area (Å²) in [7, 11) is 0. The molecule has 1 fully saturated rings. The van der Waals surface area contributed by atoms with Crippen LogP contribution in [0.2, 0.25) is 0 Å². The first-order chi connectivity index (χ1) is 8.33. The van der Waals surface area contributed by atoms with Crippen LogP contribution >= 0.6 is 0 Å². The molecule has 1 aliphatic rings. The normalized spacial score (nSPS) is 20.1. The Labute approximate surface area is 111 Å². The van der Waals surface area contributed by atoms with Crippen molar-refractivity contribution in [3.05, 3.63) is 0 Å². The van der Waals surface area contributed by atoms with Crippen LogP contribution in [-0.2, 0) is 4.79 Å². The second-order valence-corrected chi connectivity index (χ2v) is 6.37. The maximum atomic E-state index is 11.9. The molecule has 0 aromatic heterocycles. The van der Waals surface area contributed by atoms with Gasteiger partial charge >= 0.3 is 0 Å². The SMILES string of the molecule is CCCC(NC(C)(C)C)C(O)C(=O)NC1CCC1. The van der Waals surface area contributed by atoms with E-state index in [4.69, 9.17) is 0 Å². The number of nitrogens with one attached hydrogen (secondary N) is 2. The number of carbonyl (C=O) groups is 1. The first-order valence-electron chi connectivity index (χ1n) is 7.09. The number of hydrogen-bond donors (Lipinski definition) is 3. The summed E-state index contributed by atoms with van der Waals surface area (Å²) in [4.78, 5) is 11.9. The molecule has 106 valence electrons. The predicted molar refractivity (Wildman–Crippen MR) is 73.4 cm³/mol. The van der Waals surface area contributed by atoms with E-state index in [1.54, 1.807) is 0 Å². The molecule has 0 saturated heterocycles. The van der Waals surface area contributed by atoms with Gasteiger partial charge in [-0.15, -0.1) is 0 Å². The molecule has 3 N–H and O–H groups in total. The third-order valence-corrected chi connectivity index (χ3v) is 3.32. The van der Waals surface area contributed by atoms with E-state index in [0.717, 1.165) is 25.7 Å². The molecule has 0 radical (unpaired) electrons. The van der Waals surface area contributed by atoms with E-state index >= 15 is 0 Å². The van der Waals surface area contributed by atoms with E-state index in [9.17, 15) is 9.90 Å². The molecule has 2 unspecified atom stereocenters. The van der Waals surface area contributed by atoms with Crippen LogP contribution in [0, 0.1) is 0 Å². The van der Waals surface area contributed by atoms with Gasteiger partial charge in [0, 0.05) is 17.6 Å². The average molecular weight is 256 g/mol. The van der Waals surface area contributed by atoms with Gasteiger partial charge in [-0.3, -0.25) is 4.79 Å². The van der Waals surface area contributed by atoms with E-state index in [-0.39, 0.29) is 23.5 Å². The van der Waals surface area contributed by atoms with Crippen LogP contribution in [0.4, 0.5) is 0 Å². The second kappa shape index (κ2) is 6.53. The summed E-state index contributed by atoms with van der Waals surface area (Å²) in [6.45, 7) is 8.21. The molecule has 0 aromatic carbocycles. The lowest BCUT2D eigenvalue weighted by molar-refractivity contribution is -0.132. The topological polar surface area (TPSA) is 61.4 Å². The fourth-order valence-corrected chi connectivity index (χ4v) is 2.20. The Morgan fingerprint density at radius 1 is 1.39 bits per heavy atom. The highest BCUT2D eigenvalue weighted by atomic mass is 16.3. The van der Waals surface area contributed by atoms with Crippen molar-refractivity contribution in [3.63, 3.8) is 0 Å². The Morgan fingerprint density at radius 2 is 2.00 bits per heavy atom. The third-order valence-electron chi connectivity index (χ3n) is 3.32. The van der Waals surface area contributed by atoms with Gasteiger partial charge in [-0.05, 0) is 46.5 Å². The van der Waals surface area contributed by atoms with Gasteiger partial charge in [0.2, 0.25) is 0 Å². The van der Waals surface area contributed by atoms with E-state index in [0.29, 0.717) is 0 Å². The van der Waals surface area contributed by atoms with Crippen LogP contribution in [0.15, 0.2) is 0 Å². The van der Waals surface area contributed by atoms with Crippen molar-refractivity contribution in [2.45, 2.75) is 83.5 Å². The molecule has 18 heavy (non-hydrogen) atoms. The van der Waals surface area contributed by atoms with Gasteiger partial charge in [-0.1, -0.05) is 13.3 Å². The molecule has 1 rings (SSSR count). The van der Waals surface area contributed by atoms with Crippen molar-refractivity contribution in [3.8, 4) is 0 Å². The Bertz CT molecular complexity index is 269. The first-order valence-corrected chi connectivity index (χ1v) is 7.09. The van der Waals surface area contributed by atoms with E-state index in [1.807, 2.05) is 20.8 Å². The van der Waals surface area contributed by atoms with Gasteiger partial charge in [0.25, 0.3) is 5.91 Å². The molecule has 0 aromatic rings. The van der Waals surface area contributed by atoms with Crippen LogP contribution in [0.3, 0.4) is 0 Å². The molecule has 4 heteroatoms. The quantitative estimate of drug-likeness (QED) is 0.676. The largest absolute Gasteiger partial charge is 0.382 e. The molecule has 1 amide bonds. The minimum atomic E-state index is -0.954. The first kappa shape index (κ1) is 15.4. The van der Waals surface area contributed by atoms with Gasteiger partial charge in [0.1, 0.15) is 6.10 Å². The monoisotopic (exact) mass is 256 g/mol. The lowest BCUT2D eigenvalue weighted by Crippen LogP contribution is -2.56. The zero-order chi connectivity index (χ0) is 13.8. The minimum Gasteiger partial charge on any atom is -0.382 e. The molecule has 2 atom stereocenters. The number of amides is 1. The molecular weight excluding hydrogens is 228 g/mol. The molecule has 0 spiro atoms. The smallest absolute Gasteiger partial charge is 0.250 e. The lowest BCUT2D eigenvalue weighted by atomic mass is 9.92. The van der Waals surface area contributed by atoms with Crippen molar-refractivity contribution in [1.82, 2.24) is 10.6 Å². The highest BCUT2D eigenvalue weighted by Gasteiger charge is 2.30. The zero-order valence-electron chi connectivity index (χ0n) is 12.1. The summed E-state index contributed by atoms with van der Waals surface area (Å²) >= 11 is 0. The number of aliphatic hydroxyl groups is 1. The predicted octanol–water partition coefficient (Wildman–Crippen LogP) is 1.57. The fourth-order valence-electron chi connectivity index (χ4n) is 2.20. The highest BCUT2D eigenvalue weighted by molar-refractivity contribution is 5.81. The second-order valence-electron chi connectivity index (χ2n) is 6.37. The van der Waals surface area contributed by atoms with Gasteiger partial charge in [0.05, 0.1) is 0 Å². The van der Waals surface area contributed by atoms with Crippen molar-refractivity contribution in [1.29, 1.82) is 0 Å². The maximum Gasteiger partial charge on any atom is 0.250 e. The third kappa shape index (κ3) is 4.94. The minimum absolute atomic E-state index is 0.0996. The molecule has 1 saturated carbocycles. The molecular formula is C14H28N2O2. The van der Waals surface area contributed by atoms with Gasteiger partial charge < -0.3 is 15.7 Å². The Morgan fingerprint density at radius 3 is 2.39 bits per heavy atom. The van der Waals surface area contributed by atoms with E-state index < -0.39 is 6.10 Å². The number of rotatable bonds is 6. The van der Waals surface area contributed by atoms with E-state index in [1.165, 1.54) is 6.42 Å². The lowest BCUT2D eigenvalue weighted by Gasteiger charge is -2.33. The maximum absolute atomic E-state index is 11.9. The van der Waals surface area contributed by atoms with Crippen molar-refractivity contribution in [2.75, 3.05) is 0 Å². The summed E-state index contributed by atoms with van der Waals surface area (Å²) in [6.07, 6.45) is 4.06. The Kier molecular flexibility index (Phi) is 5.60. The van der Waals surface area contributed by atoms with Gasteiger partial charge in [-0.25, -0.2) is 0 Å². The number of carbonyl (C=O) groups excluding carboxylic acids is 1. The van der Waals surface area contributed by atoms with Gasteiger partial charge in [-0.2, -0.15) is 0 Å². The van der Waals surface area contributed by atoms with Crippen LogP contribution in [0.5, 0.6) is 0 Å². The van der Waals surface area contributed by atoms with Crippen LogP contribution in [0.25, 0.3) is 0 Å². The molecule has 0 bridgehead atoms. The molecule has 4 nitrogen and oxygen atoms in total. The average Bonchev–Trinajstić information content (AvgIpc) is 2.19. The van der Waals surface area contributed by atoms with E-state index in [2.05, 4.69) is 17.6 Å². The van der Waals surface area contributed by atoms with Crippen LogP contribution in [0.1, 0.15) is 59.8 Å². The Hall–Kier alpha value is -0.610. The van der Waals surface area contributed by atoms with Gasteiger partial charge in [0.15, 0.2) is 0 Å². The molecule has 0 heterocycles. The Balaban J connectivity index is 2.51. The highest BCUT2D eigenvalue weighted by Crippen LogP contribution is 2.18. The summed E-state index contributed by atoms with van der Waals surface area (Å²) in [5, 5.41) is 16.4. The zero-order valence-corrected chi connectivity index (χ0v) is 12.1. The molecule has 0 aliphatic heterocycles. The summed E-state index contributed by atoms with van der Waals surface area (Å²) < 4.78 is 0. The fraction of sp³-hybridized carbons (Fsp3) is 0.929. The standard InChI is InChI=1S/C14H28N2O2/c1-5-7-11(16-14(2,3)4)12(17)13(18)15-10-8-6-9-10/h10-12,16-17H,5-9H2,1-4H3,(H,15,18). The number of hydrogen-bond acceptors (Lipinski definition) is 3. The van der Waals surface area contributed by atoms with Crippen LogP contribution < -0.4 is 10.6 Å². The van der Waals surface area contributed by atoms with Crippen molar-refractivity contribution in [2.24, 2.45) is 0 Å². The summed E-state index contributed by atoms with van der Waals surface area (Å²) in [5.74, 6) is -0.227. The summed E-state index contributed by atoms with van der Waals surface area (Å²) in [6, 6.07) is 0.110. The molecule has 1 aliphatic carbocycles. The van der Waals surface area contributed by atoms with Crippen LogP contribution in [-0.4, -0.2) is 34.7 Å².